The van der Waals surface area contributed by atoms with Gasteiger partial charge >= 0.3 is 0 Å². The summed E-state index contributed by atoms with van der Waals surface area (Å²) in [4.78, 5) is 8.48. The van der Waals surface area contributed by atoms with Crippen LogP contribution in [0.4, 0.5) is 5.95 Å². The summed E-state index contributed by atoms with van der Waals surface area (Å²) < 4.78 is 0. The highest BCUT2D eigenvalue weighted by Gasteiger charge is 2.24. The van der Waals surface area contributed by atoms with Crippen molar-refractivity contribution in [1.29, 1.82) is 5.26 Å². The minimum atomic E-state index is 0.209. The smallest absolute Gasteiger partial charge is 0.224 e. The van der Waals surface area contributed by atoms with Crippen molar-refractivity contribution < 1.29 is 0 Å². The maximum atomic E-state index is 8.90. The number of nitrogens with one attached hydrogen (secondary N) is 1. The van der Waals surface area contributed by atoms with E-state index in [1.165, 1.54) is 25.7 Å². The molecule has 1 aliphatic rings. The fraction of sp³-hybridized carbons (Fsp3) is 0.615. The lowest BCUT2D eigenvalue weighted by atomic mass is 9.98. The van der Waals surface area contributed by atoms with Crippen LogP contribution in [-0.4, -0.2) is 22.6 Å². The van der Waals surface area contributed by atoms with Gasteiger partial charge in [-0.15, -0.1) is 0 Å². The molecule has 0 radical (unpaired) electrons. The Hall–Kier alpha value is -1.67. The quantitative estimate of drug-likeness (QED) is 0.841. The molecule has 1 saturated carbocycles. The van der Waals surface area contributed by atoms with Crippen LogP contribution in [0.3, 0.4) is 0 Å². The third-order valence-electron chi connectivity index (χ3n) is 3.51. The molecule has 0 spiro atoms. The summed E-state index contributed by atoms with van der Waals surface area (Å²) in [6, 6.07) is 3.93. The maximum absolute atomic E-state index is 8.90. The monoisotopic (exact) mass is 245 g/mol. The molecule has 2 rings (SSSR count). The van der Waals surface area contributed by atoms with Crippen molar-refractivity contribution in [2.24, 2.45) is 11.7 Å². The van der Waals surface area contributed by atoms with Crippen LogP contribution in [0, 0.1) is 24.2 Å². The molecule has 96 valence electrons. The normalized spacial score (nSPS) is 17.4. The van der Waals surface area contributed by atoms with Gasteiger partial charge in [-0.3, -0.25) is 0 Å². The minimum Gasteiger partial charge on any atom is -0.350 e. The molecule has 1 atom stereocenters. The molecule has 1 aromatic rings. The SMILES string of the molecule is Cc1cc(C#N)nc(NC(CN)C2CCCC2)n1. The second kappa shape index (κ2) is 5.78. The lowest BCUT2D eigenvalue weighted by Gasteiger charge is -2.23. The summed E-state index contributed by atoms with van der Waals surface area (Å²) in [5.41, 5.74) is 7.02. The number of nitrogens with zero attached hydrogens (tertiary/aromatic N) is 3. The summed E-state index contributed by atoms with van der Waals surface area (Å²) in [6.45, 7) is 2.44. The van der Waals surface area contributed by atoms with E-state index in [9.17, 15) is 0 Å². The first-order valence-corrected chi connectivity index (χ1v) is 6.45. The predicted molar refractivity (Wildman–Crippen MR) is 69.9 cm³/mol. The molecule has 1 aromatic heterocycles. The summed E-state index contributed by atoms with van der Waals surface area (Å²) in [7, 11) is 0. The molecule has 5 heteroatoms. The Kier molecular flexibility index (Phi) is 4.11. The van der Waals surface area contributed by atoms with E-state index in [1.54, 1.807) is 6.07 Å². The second-order valence-electron chi connectivity index (χ2n) is 4.86. The average molecular weight is 245 g/mol. The Labute approximate surface area is 107 Å². The highest BCUT2D eigenvalue weighted by molar-refractivity contribution is 5.34. The minimum absolute atomic E-state index is 0.209. The number of nitrogens with two attached hydrogens (primary N) is 1. The Morgan fingerprint density at radius 1 is 1.50 bits per heavy atom. The van der Waals surface area contributed by atoms with E-state index in [0.29, 0.717) is 24.1 Å². The third-order valence-corrected chi connectivity index (χ3v) is 3.51. The third kappa shape index (κ3) is 2.96. The van der Waals surface area contributed by atoms with Gasteiger partial charge in [0.05, 0.1) is 0 Å². The van der Waals surface area contributed by atoms with Gasteiger partial charge in [0.2, 0.25) is 5.95 Å². The van der Waals surface area contributed by atoms with E-state index in [0.717, 1.165) is 5.69 Å². The van der Waals surface area contributed by atoms with Crippen LogP contribution >= 0.6 is 0 Å². The number of hydrogen-bond donors (Lipinski definition) is 2. The molecule has 0 aliphatic heterocycles. The summed E-state index contributed by atoms with van der Waals surface area (Å²) in [5, 5.41) is 12.2. The molecular formula is C13H19N5. The van der Waals surface area contributed by atoms with Crippen molar-refractivity contribution in [3.63, 3.8) is 0 Å². The summed E-state index contributed by atoms with van der Waals surface area (Å²) in [6.07, 6.45) is 4.99. The van der Waals surface area contributed by atoms with Gasteiger partial charge in [-0.1, -0.05) is 12.8 Å². The fourth-order valence-corrected chi connectivity index (χ4v) is 2.59. The lowest BCUT2D eigenvalue weighted by Crippen LogP contribution is -2.35. The van der Waals surface area contributed by atoms with Crippen LogP contribution in [0.15, 0.2) is 6.07 Å². The van der Waals surface area contributed by atoms with E-state index >= 15 is 0 Å². The number of rotatable bonds is 4. The zero-order chi connectivity index (χ0) is 13.0. The Bertz CT molecular complexity index is 445. The number of nitriles is 1. The van der Waals surface area contributed by atoms with E-state index in [-0.39, 0.29) is 6.04 Å². The van der Waals surface area contributed by atoms with E-state index in [4.69, 9.17) is 11.0 Å². The Balaban J connectivity index is 2.11. The van der Waals surface area contributed by atoms with Gasteiger partial charge in [0.1, 0.15) is 11.8 Å². The van der Waals surface area contributed by atoms with E-state index < -0.39 is 0 Å². The first-order chi connectivity index (χ1) is 8.72. The van der Waals surface area contributed by atoms with E-state index in [1.807, 2.05) is 13.0 Å². The van der Waals surface area contributed by atoms with Gasteiger partial charge < -0.3 is 11.1 Å². The average Bonchev–Trinajstić information content (AvgIpc) is 2.89. The predicted octanol–water partition coefficient (Wildman–Crippen LogP) is 1.59. The number of anilines is 1. The van der Waals surface area contributed by atoms with Crippen LogP contribution in [0.5, 0.6) is 0 Å². The Morgan fingerprint density at radius 2 is 2.22 bits per heavy atom. The van der Waals surface area contributed by atoms with Crippen LogP contribution in [-0.2, 0) is 0 Å². The largest absolute Gasteiger partial charge is 0.350 e. The van der Waals surface area contributed by atoms with E-state index in [2.05, 4.69) is 15.3 Å². The van der Waals surface area contributed by atoms with Gasteiger partial charge in [-0.05, 0) is 31.7 Å². The summed E-state index contributed by atoms with van der Waals surface area (Å²) >= 11 is 0. The molecular weight excluding hydrogens is 226 g/mol. The number of aryl methyl sites for hydroxylation is 1. The molecule has 1 aliphatic carbocycles. The van der Waals surface area contributed by atoms with Crippen LogP contribution < -0.4 is 11.1 Å². The van der Waals surface area contributed by atoms with Crippen LogP contribution in [0.2, 0.25) is 0 Å². The van der Waals surface area contributed by atoms with Crippen LogP contribution in [0.1, 0.15) is 37.1 Å². The molecule has 5 nitrogen and oxygen atoms in total. The second-order valence-corrected chi connectivity index (χ2v) is 4.86. The summed E-state index contributed by atoms with van der Waals surface area (Å²) in [5.74, 6) is 1.12. The van der Waals surface area contributed by atoms with Crippen molar-refractivity contribution in [1.82, 2.24) is 9.97 Å². The first-order valence-electron chi connectivity index (χ1n) is 6.45. The molecule has 18 heavy (non-hydrogen) atoms. The van der Waals surface area contributed by atoms with Crippen molar-refractivity contribution in [3.05, 3.63) is 17.5 Å². The van der Waals surface area contributed by atoms with Crippen molar-refractivity contribution >= 4 is 5.95 Å². The highest BCUT2D eigenvalue weighted by Crippen LogP contribution is 2.28. The van der Waals surface area contributed by atoms with Gasteiger partial charge in [-0.25, -0.2) is 9.97 Å². The molecule has 1 unspecified atom stereocenters. The molecule has 0 saturated heterocycles. The van der Waals surface area contributed by atoms with Crippen LogP contribution in [0.25, 0.3) is 0 Å². The zero-order valence-corrected chi connectivity index (χ0v) is 10.7. The molecule has 0 aromatic carbocycles. The van der Waals surface area contributed by atoms with Gasteiger partial charge in [0.15, 0.2) is 0 Å². The molecule has 3 N–H and O–H groups in total. The molecule has 1 heterocycles. The van der Waals surface area contributed by atoms with Crippen molar-refractivity contribution in [2.45, 2.75) is 38.6 Å². The first kappa shape index (κ1) is 12.8. The lowest BCUT2D eigenvalue weighted by molar-refractivity contribution is 0.460. The van der Waals surface area contributed by atoms with Gasteiger partial charge in [0.25, 0.3) is 0 Å². The molecule has 0 bridgehead atoms. The highest BCUT2D eigenvalue weighted by atomic mass is 15.1. The Morgan fingerprint density at radius 3 is 2.83 bits per heavy atom. The number of aromatic nitrogens is 2. The van der Waals surface area contributed by atoms with Gasteiger partial charge in [0, 0.05) is 18.3 Å². The fourth-order valence-electron chi connectivity index (χ4n) is 2.59. The standard InChI is InChI=1S/C13H19N5/c1-9-6-11(7-14)17-13(16-9)18-12(8-15)10-4-2-3-5-10/h6,10,12H,2-5,8,15H2,1H3,(H,16,17,18). The van der Waals surface area contributed by atoms with Crippen molar-refractivity contribution in [2.75, 3.05) is 11.9 Å². The zero-order valence-electron chi connectivity index (χ0n) is 10.7. The topological polar surface area (TPSA) is 87.6 Å². The van der Waals surface area contributed by atoms with Crippen molar-refractivity contribution in [3.8, 4) is 6.07 Å². The van der Waals surface area contributed by atoms with Gasteiger partial charge in [-0.2, -0.15) is 5.26 Å². The maximum Gasteiger partial charge on any atom is 0.224 e. The number of hydrogen-bond acceptors (Lipinski definition) is 5. The molecule has 0 amide bonds. The molecule has 1 fully saturated rings.